The van der Waals surface area contributed by atoms with Crippen LogP contribution in [-0.2, 0) is 21.8 Å². The number of aliphatic hydroxyl groups is 1. The summed E-state index contributed by atoms with van der Waals surface area (Å²) in [5.41, 5.74) is -1.81. The molecule has 0 amide bonds. The van der Waals surface area contributed by atoms with Crippen molar-refractivity contribution in [2.24, 2.45) is 0 Å². The average Bonchev–Trinajstić information content (AvgIpc) is 3.35. The number of hydrogen-bond donors (Lipinski definition) is 1. The highest BCUT2D eigenvalue weighted by Gasteiger charge is 2.47. The van der Waals surface area contributed by atoms with Crippen LogP contribution in [0.15, 0.2) is 64.0 Å². The van der Waals surface area contributed by atoms with E-state index in [1.807, 2.05) is 25.1 Å². The van der Waals surface area contributed by atoms with Crippen molar-refractivity contribution in [3.63, 3.8) is 0 Å². The van der Waals surface area contributed by atoms with Crippen molar-refractivity contribution in [2.75, 3.05) is 6.61 Å². The number of benzene rings is 2. The third kappa shape index (κ3) is 4.30. The summed E-state index contributed by atoms with van der Waals surface area (Å²) in [6, 6.07) is 13.9. The maximum atomic E-state index is 12.8. The molecule has 0 spiro atoms. The van der Waals surface area contributed by atoms with Crippen LogP contribution < -0.4 is 0 Å². The molecule has 0 radical (unpaired) electrons. The van der Waals surface area contributed by atoms with Crippen LogP contribution in [0, 0.1) is 6.92 Å². The smallest absolute Gasteiger partial charge is 0.395 e. The molecule has 2 heterocycles. The van der Waals surface area contributed by atoms with E-state index in [4.69, 9.17) is 4.52 Å². The van der Waals surface area contributed by atoms with Crippen LogP contribution in [0.3, 0.4) is 0 Å². The molecule has 0 unspecified atom stereocenters. The molecule has 2 aromatic heterocycles. The van der Waals surface area contributed by atoms with Crippen molar-refractivity contribution >= 4 is 9.84 Å². The van der Waals surface area contributed by atoms with Crippen LogP contribution in [0.5, 0.6) is 0 Å². The molecule has 5 rings (SSSR count). The summed E-state index contributed by atoms with van der Waals surface area (Å²) >= 11 is 0. The zero-order chi connectivity index (χ0) is 25.7. The number of aliphatic hydroxyl groups excluding tert-OH is 1. The fraction of sp³-hybridized carbons (Fsp3) is 0.292. The molecular weight excluding hydrogens is 497 g/mol. The van der Waals surface area contributed by atoms with Gasteiger partial charge in [-0.3, -0.25) is 4.68 Å². The molecule has 1 N–H and O–H groups in total. The molecule has 188 valence electrons. The van der Waals surface area contributed by atoms with Gasteiger partial charge in [-0.15, -0.1) is 0 Å². The normalized spacial score (nSPS) is 15.2. The summed E-state index contributed by atoms with van der Waals surface area (Å²) in [5, 5.41) is 18.1. The lowest BCUT2D eigenvalue weighted by Crippen LogP contribution is -2.23. The van der Waals surface area contributed by atoms with Gasteiger partial charge in [-0.1, -0.05) is 29.4 Å². The quantitative estimate of drug-likeness (QED) is 0.389. The fourth-order valence-corrected chi connectivity index (χ4v) is 4.76. The molecule has 0 saturated heterocycles. The van der Waals surface area contributed by atoms with Crippen LogP contribution in [0.1, 0.15) is 29.7 Å². The molecule has 1 fully saturated rings. The Balaban J connectivity index is 1.35. The van der Waals surface area contributed by atoms with Crippen LogP contribution in [-0.4, -0.2) is 45.6 Å². The van der Waals surface area contributed by atoms with Gasteiger partial charge in [0.1, 0.15) is 0 Å². The molecule has 36 heavy (non-hydrogen) atoms. The molecule has 0 atom stereocenters. The molecule has 0 aliphatic heterocycles. The number of aryl methyl sites for hydroxylation is 1. The molecule has 1 aliphatic rings. The van der Waals surface area contributed by atoms with E-state index in [1.54, 1.807) is 10.7 Å². The summed E-state index contributed by atoms with van der Waals surface area (Å²) in [4.78, 5) is 3.40. The minimum absolute atomic E-state index is 0.0830. The van der Waals surface area contributed by atoms with Crippen molar-refractivity contribution < 1.29 is 31.2 Å². The Hall–Kier alpha value is -3.51. The molecule has 1 aliphatic carbocycles. The van der Waals surface area contributed by atoms with Gasteiger partial charge < -0.3 is 9.63 Å². The van der Waals surface area contributed by atoms with E-state index in [1.165, 1.54) is 12.1 Å². The molecular formula is C24H21F3N4O4S. The van der Waals surface area contributed by atoms with E-state index in [9.17, 15) is 26.7 Å². The lowest BCUT2D eigenvalue weighted by atomic mass is 9.95. The topological polar surface area (TPSA) is 111 Å². The van der Waals surface area contributed by atoms with Crippen LogP contribution in [0.4, 0.5) is 13.2 Å². The highest BCUT2D eigenvalue weighted by Crippen LogP contribution is 2.47. The predicted molar refractivity (Wildman–Crippen MR) is 122 cm³/mol. The largest absolute Gasteiger partial charge is 0.501 e. The zero-order valence-electron chi connectivity index (χ0n) is 19.0. The van der Waals surface area contributed by atoms with Crippen LogP contribution in [0.25, 0.3) is 23.0 Å². The average molecular weight is 519 g/mol. The summed E-state index contributed by atoms with van der Waals surface area (Å²) in [5.74, 6) is 0.199. The van der Waals surface area contributed by atoms with Crippen molar-refractivity contribution in [1.29, 1.82) is 0 Å². The Bertz CT molecular complexity index is 1520. The minimum Gasteiger partial charge on any atom is -0.395 e. The van der Waals surface area contributed by atoms with E-state index in [0.29, 0.717) is 12.2 Å². The van der Waals surface area contributed by atoms with E-state index >= 15 is 0 Å². The number of rotatable bonds is 7. The van der Waals surface area contributed by atoms with Gasteiger partial charge in [0.2, 0.25) is 5.82 Å². The first-order valence-corrected chi connectivity index (χ1v) is 12.5. The molecule has 8 nitrogen and oxygen atoms in total. The summed E-state index contributed by atoms with van der Waals surface area (Å²) < 4.78 is 68.4. The van der Waals surface area contributed by atoms with Gasteiger partial charge >= 0.3 is 5.51 Å². The van der Waals surface area contributed by atoms with Gasteiger partial charge in [0.25, 0.3) is 15.7 Å². The van der Waals surface area contributed by atoms with E-state index in [0.717, 1.165) is 41.8 Å². The number of hydrogen-bond acceptors (Lipinski definition) is 7. The maximum absolute atomic E-state index is 12.8. The second kappa shape index (κ2) is 8.56. The van der Waals surface area contributed by atoms with Gasteiger partial charge in [-0.2, -0.15) is 23.3 Å². The fourth-order valence-electron chi connectivity index (χ4n) is 4.00. The summed E-state index contributed by atoms with van der Waals surface area (Å²) in [6.07, 6.45) is 1.94. The van der Waals surface area contributed by atoms with E-state index < -0.39 is 20.2 Å². The lowest BCUT2D eigenvalue weighted by molar-refractivity contribution is -0.0436. The molecule has 12 heteroatoms. The molecule has 4 aromatic rings. The van der Waals surface area contributed by atoms with Crippen LogP contribution in [0.2, 0.25) is 0 Å². The number of aromatic nitrogens is 4. The monoisotopic (exact) mass is 518 g/mol. The highest BCUT2D eigenvalue weighted by molar-refractivity contribution is 7.92. The van der Waals surface area contributed by atoms with Crippen molar-refractivity contribution in [3.8, 4) is 23.0 Å². The first-order valence-electron chi connectivity index (χ1n) is 11.0. The molecule has 2 aromatic carbocycles. The van der Waals surface area contributed by atoms with Gasteiger partial charge in [-0.25, -0.2) is 8.42 Å². The Morgan fingerprint density at radius 2 is 1.83 bits per heavy atom. The second-order valence-corrected chi connectivity index (χ2v) is 10.8. The Kier molecular flexibility index (Phi) is 5.75. The first kappa shape index (κ1) is 24.2. The van der Waals surface area contributed by atoms with Crippen molar-refractivity contribution in [2.45, 2.75) is 42.1 Å². The van der Waals surface area contributed by atoms with Crippen molar-refractivity contribution in [3.05, 3.63) is 71.4 Å². The van der Waals surface area contributed by atoms with Gasteiger partial charge in [-0.05, 0) is 61.2 Å². The van der Waals surface area contributed by atoms with Gasteiger partial charge in [0, 0.05) is 16.7 Å². The predicted octanol–water partition coefficient (Wildman–Crippen LogP) is 4.27. The maximum Gasteiger partial charge on any atom is 0.501 e. The lowest BCUT2D eigenvalue weighted by Gasteiger charge is -2.14. The Morgan fingerprint density at radius 3 is 2.47 bits per heavy atom. The molecule has 0 bridgehead atoms. The second-order valence-electron chi connectivity index (χ2n) is 8.86. The van der Waals surface area contributed by atoms with E-state index in [2.05, 4.69) is 21.3 Å². The SMILES string of the molecule is Cc1cc(-c2nc(-c3ccc(S(=O)(=O)C(F)(F)F)cc3)no2)nn1Cc1cccc(C2(CO)CC2)c1. The summed E-state index contributed by atoms with van der Waals surface area (Å²) in [7, 11) is -5.44. The molecule has 1 saturated carbocycles. The Morgan fingerprint density at radius 1 is 1.11 bits per heavy atom. The standard InChI is InChI=1S/C24H21F3N4O4S/c1-15-11-20(29-31(15)13-16-3-2-4-18(12-16)23(14-32)9-10-23)22-28-21(30-35-22)17-5-7-19(8-6-17)36(33,34)24(25,26)27/h2-8,11-12,32H,9-10,13-14H2,1H3. The summed E-state index contributed by atoms with van der Waals surface area (Å²) in [6.45, 7) is 2.51. The van der Waals surface area contributed by atoms with Crippen molar-refractivity contribution in [1.82, 2.24) is 19.9 Å². The van der Waals surface area contributed by atoms with Gasteiger partial charge in [0.15, 0.2) is 5.69 Å². The number of halogens is 3. The number of sulfone groups is 1. The zero-order valence-corrected chi connectivity index (χ0v) is 19.8. The Labute approximate surface area is 204 Å². The van der Waals surface area contributed by atoms with Gasteiger partial charge in [0.05, 0.1) is 18.0 Å². The first-order chi connectivity index (χ1) is 17.0. The third-order valence-electron chi connectivity index (χ3n) is 6.38. The number of alkyl halides is 3. The third-order valence-corrected chi connectivity index (χ3v) is 7.88. The van der Waals surface area contributed by atoms with E-state index in [-0.39, 0.29) is 29.3 Å². The number of nitrogens with zero attached hydrogens (tertiary/aromatic N) is 4. The highest BCUT2D eigenvalue weighted by atomic mass is 32.2. The minimum atomic E-state index is -5.44. The van der Waals surface area contributed by atoms with Crippen LogP contribution >= 0.6 is 0 Å².